The molecule has 0 radical (unpaired) electrons. The first-order chi connectivity index (χ1) is 5.75. The summed E-state index contributed by atoms with van der Waals surface area (Å²) in [4.78, 5) is 0. The van der Waals surface area contributed by atoms with Gasteiger partial charge in [-0.05, 0) is 25.0 Å². The van der Waals surface area contributed by atoms with E-state index in [2.05, 4.69) is 15.9 Å². The van der Waals surface area contributed by atoms with E-state index in [1.807, 2.05) is 12.1 Å². The van der Waals surface area contributed by atoms with Crippen LogP contribution >= 0.6 is 15.9 Å². The highest BCUT2D eigenvalue weighted by Crippen LogP contribution is 2.31. The zero-order valence-corrected chi connectivity index (χ0v) is 8.07. The van der Waals surface area contributed by atoms with E-state index in [0.29, 0.717) is 5.56 Å². The van der Waals surface area contributed by atoms with Gasteiger partial charge in [0.15, 0.2) is 0 Å². The lowest BCUT2D eigenvalue weighted by molar-refractivity contribution is 0.624. The molecule has 1 aliphatic rings. The highest BCUT2D eigenvalue weighted by molar-refractivity contribution is 9.10. The van der Waals surface area contributed by atoms with E-state index >= 15 is 0 Å². The maximum absolute atomic E-state index is 13.2. The Morgan fingerprint density at radius 3 is 2.67 bits per heavy atom. The van der Waals surface area contributed by atoms with Crippen LogP contribution in [0.2, 0.25) is 0 Å². The first-order valence-corrected chi connectivity index (χ1v) is 4.69. The molecule has 0 spiro atoms. The fourth-order valence-corrected chi connectivity index (χ4v) is 1.39. The molecule has 1 fully saturated rings. The lowest BCUT2D eigenvalue weighted by Crippen LogP contribution is -1.80. The number of rotatable bonds is 1. The van der Waals surface area contributed by atoms with Crippen molar-refractivity contribution >= 4 is 22.0 Å². The molecule has 1 aromatic rings. The maximum Gasteiger partial charge on any atom is 0.131 e. The molecule has 0 atom stereocenters. The summed E-state index contributed by atoms with van der Waals surface area (Å²) in [6, 6.07) is 5.15. The standard InChI is InChI=1S/C10H8BrF/c11-9-4-3-8(10(12)6-9)5-7-1-2-7/h3-6H,1-2H2. The van der Waals surface area contributed by atoms with E-state index in [9.17, 15) is 4.39 Å². The van der Waals surface area contributed by atoms with Crippen LogP contribution in [-0.4, -0.2) is 0 Å². The zero-order chi connectivity index (χ0) is 8.55. The van der Waals surface area contributed by atoms with Gasteiger partial charge in [-0.25, -0.2) is 4.39 Å². The third kappa shape index (κ3) is 1.75. The van der Waals surface area contributed by atoms with Crippen LogP contribution in [0.25, 0.3) is 6.08 Å². The molecule has 1 saturated carbocycles. The van der Waals surface area contributed by atoms with Crippen LogP contribution in [0.15, 0.2) is 28.2 Å². The summed E-state index contributed by atoms with van der Waals surface area (Å²) in [5.74, 6) is -0.149. The van der Waals surface area contributed by atoms with Crippen molar-refractivity contribution < 1.29 is 4.39 Å². The van der Waals surface area contributed by atoms with E-state index in [0.717, 1.165) is 17.3 Å². The minimum absolute atomic E-state index is 0.149. The second-order valence-corrected chi connectivity index (χ2v) is 3.88. The van der Waals surface area contributed by atoms with Crippen molar-refractivity contribution in [3.8, 4) is 0 Å². The minimum atomic E-state index is -0.149. The van der Waals surface area contributed by atoms with Crippen molar-refractivity contribution in [2.24, 2.45) is 0 Å². The Balaban J connectivity index is 2.37. The molecule has 0 aliphatic heterocycles. The Kier molecular flexibility index (Phi) is 2.01. The Morgan fingerprint density at radius 2 is 2.08 bits per heavy atom. The average molecular weight is 227 g/mol. The molecule has 12 heavy (non-hydrogen) atoms. The smallest absolute Gasteiger partial charge is 0.131 e. The molecular weight excluding hydrogens is 219 g/mol. The normalized spacial score (nSPS) is 14.7. The monoisotopic (exact) mass is 226 g/mol. The number of hydrogen-bond donors (Lipinski definition) is 0. The number of allylic oxidation sites excluding steroid dienone is 1. The van der Waals surface area contributed by atoms with E-state index in [1.54, 1.807) is 6.07 Å². The largest absolute Gasteiger partial charge is 0.206 e. The summed E-state index contributed by atoms with van der Waals surface area (Å²) < 4.78 is 14.0. The summed E-state index contributed by atoms with van der Waals surface area (Å²) in [5.41, 5.74) is 2.04. The van der Waals surface area contributed by atoms with Gasteiger partial charge in [-0.2, -0.15) is 0 Å². The maximum atomic E-state index is 13.2. The van der Waals surface area contributed by atoms with Crippen LogP contribution in [0.1, 0.15) is 18.4 Å². The Morgan fingerprint density at radius 1 is 1.33 bits per heavy atom. The summed E-state index contributed by atoms with van der Waals surface area (Å²) >= 11 is 3.22. The zero-order valence-electron chi connectivity index (χ0n) is 6.48. The van der Waals surface area contributed by atoms with Gasteiger partial charge in [-0.3, -0.25) is 0 Å². The third-order valence-corrected chi connectivity index (χ3v) is 2.35. The van der Waals surface area contributed by atoms with Gasteiger partial charge in [0.25, 0.3) is 0 Å². The van der Waals surface area contributed by atoms with Gasteiger partial charge in [-0.15, -0.1) is 0 Å². The van der Waals surface area contributed by atoms with Gasteiger partial charge in [0.1, 0.15) is 5.82 Å². The van der Waals surface area contributed by atoms with Crippen molar-refractivity contribution in [2.75, 3.05) is 0 Å². The molecule has 0 N–H and O–H groups in total. The van der Waals surface area contributed by atoms with Crippen molar-refractivity contribution in [2.45, 2.75) is 12.8 Å². The van der Waals surface area contributed by atoms with Crippen LogP contribution in [0, 0.1) is 5.82 Å². The minimum Gasteiger partial charge on any atom is -0.206 e. The van der Waals surface area contributed by atoms with E-state index < -0.39 is 0 Å². The van der Waals surface area contributed by atoms with Crippen LogP contribution in [0.5, 0.6) is 0 Å². The van der Waals surface area contributed by atoms with Crippen molar-refractivity contribution in [1.82, 2.24) is 0 Å². The third-order valence-electron chi connectivity index (χ3n) is 1.86. The van der Waals surface area contributed by atoms with Crippen LogP contribution < -0.4 is 0 Å². The predicted octanol–water partition coefficient (Wildman–Crippen LogP) is 3.77. The topological polar surface area (TPSA) is 0 Å². The molecule has 0 nitrogen and oxygen atoms in total. The quantitative estimate of drug-likeness (QED) is 0.685. The molecule has 0 heterocycles. The summed E-state index contributed by atoms with van der Waals surface area (Å²) in [5, 5.41) is 0. The molecule has 0 unspecified atom stereocenters. The molecule has 1 aromatic carbocycles. The van der Waals surface area contributed by atoms with Gasteiger partial charge < -0.3 is 0 Å². The lowest BCUT2D eigenvalue weighted by Gasteiger charge is -1.96. The first-order valence-electron chi connectivity index (χ1n) is 3.90. The SMILES string of the molecule is Fc1cc(Br)ccc1C=C1CC1. The van der Waals surface area contributed by atoms with E-state index in [4.69, 9.17) is 0 Å². The van der Waals surface area contributed by atoms with E-state index in [1.165, 1.54) is 11.6 Å². The predicted molar refractivity (Wildman–Crippen MR) is 51.3 cm³/mol. The second-order valence-electron chi connectivity index (χ2n) is 2.97. The molecule has 62 valence electrons. The fraction of sp³-hybridized carbons (Fsp3) is 0.200. The highest BCUT2D eigenvalue weighted by Gasteiger charge is 2.11. The molecular formula is C10H8BrF. The summed E-state index contributed by atoms with van der Waals surface area (Å²) in [6.45, 7) is 0. The van der Waals surface area contributed by atoms with Crippen molar-refractivity contribution in [3.05, 3.63) is 39.6 Å². The average Bonchev–Trinajstić information content (AvgIpc) is 2.79. The van der Waals surface area contributed by atoms with Gasteiger partial charge in [-0.1, -0.05) is 33.6 Å². The number of hydrogen-bond acceptors (Lipinski definition) is 0. The second kappa shape index (κ2) is 3.02. The van der Waals surface area contributed by atoms with Crippen molar-refractivity contribution in [3.63, 3.8) is 0 Å². The van der Waals surface area contributed by atoms with Crippen LogP contribution in [0.3, 0.4) is 0 Å². The number of benzene rings is 1. The van der Waals surface area contributed by atoms with Crippen molar-refractivity contribution in [1.29, 1.82) is 0 Å². The number of halogens is 2. The van der Waals surface area contributed by atoms with Gasteiger partial charge in [0.05, 0.1) is 0 Å². The lowest BCUT2D eigenvalue weighted by atomic mass is 10.2. The molecule has 0 bridgehead atoms. The fourth-order valence-electron chi connectivity index (χ4n) is 1.05. The Bertz CT molecular complexity index is 336. The first kappa shape index (κ1) is 7.99. The van der Waals surface area contributed by atoms with Crippen LogP contribution in [-0.2, 0) is 0 Å². The Labute approximate surface area is 79.2 Å². The van der Waals surface area contributed by atoms with Gasteiger partial charge in [0, 0.05) is 10.0 Å². The highest BCUT2D eigenvalue weighted by atomic mass is 79.9. The molecule has 0 aromatic heterocycles. The summed E-state index contributed by atoms with van der Waals surface area (Å²) in [7, 11) is 0. The molecule has 0 saturated heterocycles. The van der Waals surface area contributed by atoms with E-state index in [-0.39, 0.29) is 5.82 Å². The summed E-state index contributed by atoms with van der Waals surface area (Å²) in [6.07, 6.45) is 4.20. The molecule has 2 rings (SSSR count). The van der Waals surface area contributed by atoms with Crippen LogP contribution in [0.4, 0.5) is 4.39 Å². The molecule has 0 amide bonds. The molecule has 1 aliphatic carbocycles. The Hall–Kier alpha value is -0.630. The van der Waals surface area contributed by atoms with Gasteiger partial charge >= 0.3 is 0 Å². The molecule has 2 heteroatoms. The van der Waals surface area contributed by atoms with Gasteiger partial charge in [0.2, 0.25) is 0 Å².